The summed E-state index contributed by atoms with van der Waals surface area (Å²) in [4.78, 5) is 50.6. The van der Waals surface area contributed by atoms with E-state index < -0.39 is 60.3 Å². The van der Waals surface area contributed by atoms with Crippen LogP contribution >= 0.6 is 0 Å². The fourth-order valence-corrected chi connectivity index (χ4v) is 4.52. The van der Waals surface area contributed by atoms with Gasteiger partial charge in [-0.2, -0.15) is 0 Å². The average Bonchev–Trinajstić information content (AvgIpc) is 3.38. The summed E-state index contributed by atoms with van der Waals surface area (Å²) in [6, 6.07) is 4.42. The number of allylic oxidation sites excluding steroid dienone is 2. The highest BCUT2D eigenvalue weighted by molar-refractivity contribution is 6.08. The average molecular weight is 452 g/mol. The Bertz CT molecular complexity index is 960. The number of likely N-dealkylation sites (tertiary alicyclic amines) is 1. The second-order valence-corrected chi connectivity index (χ2v) is 7.96. The largest absolute Gasteiger partial charge is 0.573 e. The van der Waals surface area contributed by atoms with Crippen molar-refractivity contribution in [3.05, 3.63) is 36.4 Å². The van der Waals surface area contributed by atoms with Crippen molar-refractivity contribution in [2.45, 2.75) is 25.8 Å². The second kappa shape index (κ2) is 7.95. The number of alkyl halides is 3. The van der Waals surface area contributed by atoms with Crippen molar-refractivity contribution < 1.29 is 41.8 Å². The number of ether oxygens (including phenoxy) is 2. The van der Waals surface area contributed by atoms with Gasteiger partial charge in [0.2, 0.25) is 11.8 Å². The summed E-state index contributed by atoms with van der Waals surface area (Å²) >= 11 is 0. The monoisotopic (exact) mass is 452 g/mol. The molecule has 0 spiro atoms. The van der Waals surface area contributed by atoms with E-state index in [0.717, 1.165) is 23.5 Å². The number of imide groups is 1. The number of esters is 1. The van der Waals surface area contributed by atoms with E-state index in [1.807, 2.05) is 12.2 Å². The number of amides is 3. The van der Waals surface area contributed by atoms with Gasteiger partial charge in [0.05, 0.1) is 11.8 Å². The molecule has 170 valence electrons. The van der Waals surface area contributed by atoms with Crippen LogP contribution in [0.1, 0.15) is 13.3 Å². The van der Waals surface area contributed by atoms with Crippen molar-refractivity contribution in [1.82, 2.24) is 4.90 Å². The maximum absolute atomic E-state index is 12.6. The number of fused-ring (bicyclic) bond motifs is 5. The zero-order valence-corrected chi connectivity index (χ0v) is 16.8. The van der Waals surface area contributed by atoms with Crippen LogP contribution in [-0.2, 0) is 23.9 Å². The number of hydrogen-bond donors (Lipinski definition) is 1. The Hall–Kier alpha value is -3.37. The number of carbonyl (C=O) groups excluding carboxylic acids is 4. The number of nitrogens with one attached hydrogen (secondary N) is 1. The molecule has 1 N–H and O–H groups in total. The molecule has 1 aromatic rings. The number of carbonyl (C=O) groups is 4. The lowest BCUT2D eigenvalue weighted by atomic mass is 9.85. The predicted octanol–water partition coefficient (Wildman–Crippen LogP) is 2.26. The molecule has 1 saturated heterocycles. The van der Waals surface area contributed by atoms with Crippen LogP contribution in [0.2, 0.25) is 0 Å². The maximum Gasteiger partial charge on any atom is 0.573 e. The van der Waals surface area contributed by atoms with E-state index in [4.69, 9.17) is 4.74 Å². The topological polar surface area (TPSA) is 102 Å². The minimum Gasteiger partial charge on any atom is -0.451 e. The fourth-order valence-electron chi connectivity index (χ4n) is 4.52. The van der Waals surface area contributed by atoms with Gasteiger partial charge in [-0.3, -0.25) is 24.1 Å². The lowest BCUT2D eigenvalue weighted by molar-refractivity contribution is -0.274. The third-order valence-corrected chi connectivity index (χ3v) is 5.88. The molecule has 1 heterocycles. The van der Waals surface area contributed by atoms with E-state index in [-0.39, 0.29) is 17.5 Å². The van der Waals surface area contributed by atoms with Crippen LogP contribution in [-0.4, -0.2) is 47.6 Å². The molecule has 1 aromatic carbocycles. The van der Waals surface area contributed by atoms with E-state index in [1.54, 1.807) is 0 Å². The number of rotatable bonds is 6. The van der Waals surface area contributed by atoms with Gasteiger partial charge in [0.15, 0.2) is 6.10 Å². The van der Waals surface area contributed by atoms with Crippen LogP contribution in [0.3, 0.4) is 0 Å². The summed E-state index contributed by atoms with van der Waals surface area (Å²) in [5.41, 5.74) is 0.160. The lowest BCUT2D eigenvalue weighted by Gasteiger charge is -2.18. The number of benzene rings is 1. The molecule has 5 atom stereocenters. The zero-order valence-electron chi connectivity index (χ0n) is 16.8. The molecule has 3 amide bonds. The molecular weight excluding hydrogens is 433 g/mol. The van der Waals surface area contributed by atoms with Gasteiger partial charge in [-0.1, -0.05) is 12.2 Å². The summed E-state index contributed by atoms with van der Waals surface area (Å²) in [6.07, 6.45) is -1.45. The van der Waals surface area contributed by atoms with E-state index in [0.29, 0.717) is 0 Å². The third-order valence-electron chi connectivity index (χ3n) is 5.88. The van der Waals surface area contributed by atoms with Gasteiger partial charge in [0.25, 0.3) is 5.91 Å². The highest BCUT2D eigenvalue weighted by Gasteiger charge is 2.59. The molecule has 0 aromatic heterocycles. The first kappa shape index (κ1) is 21.8. The Morgan fingerprint density at radius 1 is 1.09 bits per heavy atom. The Kier molecular flexibility index (Phi) is 5.43. The Morgan fingerprint density at radius 3 is 2.19 bits per heavy atom. The van der Waals surface area contributed by atoms with Crippen molar-refractivity contribution >= 4 is 29.4 Å². The van der Waals surface area contributed by atoms with Crippen molar-refractivity contribution in [3.63, 3.8) is 0 Å². The minimum atomic E-state index is -4.83. The minimum absolute atomic E-state index is 0.0140. The zero-order chi connectivity index (χ0) is 23.2. The highest BCUT2D eigenvalue weighted by atomic mass is 19.4. The predicted molar refractivity (Wildman–Crippen MR) is 102 cm³/mol. The van der Waals surface area contributed by atoms with Crippen LogP contribution in [0.5, 0.6) is 5.75 Å². The van der Waals surface area contributed by atoms with Crippen LogP contribution in [0.4, 0.5) is 18.9 Å². The molecule has 3 aliphatic rings. The molecule has 4 rings (SSSR count). The molecule has 2 aliphatic carbocycles. The van der Waals surface area contributed by atoms with E-state index in [9.17, 15) is 32.3 Å². The fraction of sp³-hybridized carbons (Fsp3) is 0.429. The standard InChI is InChI=1S/C21H19F3N2O6/c1-10(18(28)25-13-4-6-14(7-5-13)32-21(22,23)24)31-15(27)9-26-19(29)16-11-2-3-12(8-11)17(16)20(26)30/h2-7,10-12,16-17H,8-9H2,1H3,(H,25,28). The van der Waals surface area contributed by atoms with E-state index in [2.05, 4.69) is 10.1 Å². The van der Waals surface area contributed by atoms with Gasteiger partial charge >= 0.3 is 12.3 Å². The Morgan fingerprint density at radius 2 is 1.66 bits per heavy atom. The van der Waals surface area contributed by atoms with Crippen molar-refractivity contribution in [1.29, 1.82) is 0 Å². The summed E-state index contributed by atoms with van der Waals surface area (Å²) in [5, 5.41) is 2.39. The normalized spacial score (nSPS) is 26.8. The molecule has 5 unspecified atom stereocenters. The third kappa shape index (κ3) is 4.19. The lowest BCUT2D eigenvalue weighted by Crippen LogP contribution is -2.40. The van der Waals surface area contributed by atoms with Gasteiger partial charge in [-0.05, 0) is 49.4 Å². The first-order chi connectivity index (χ1) is 15.0. The maximum atomic E-state index is 12.6. The molecule has 1 aliphatic heterocycles. The van der Waals surface area contributed by atoms with Gasteiger partial charge in [-0.15, -0.1) is 13.2 Å². The molecular formula is C21H19F3N2O6. The first-order valence-electron chi connectivity index (χ1n) is 9.93. The first-order valence-corrected chi connectivity index (χ1v) is 9.93. The Balaban J connectivity index is 1.29. The number of halogens is 3. The summed E-state index contributed by atoms with van der Waals surface area (Å²) in [5.74, 6) is -3.74. The van der Waals surface area contributed by atoms with Crippen LogP contribution < -0.4 is 10.1 Å². The number of anilines is 1. The van der Waals surface area contributed by atoms with Crippen molar-refractivity contribution in [2.75, 3.05) is 11.9 Å². The SMILES string of the molecule is CC(OC(=O)CN1C(=O)C2C3C=CC(C3)C2C1=O)C(=O)Nc1ccc(OC(F)(F)F)cc1. The van der Waals surface area contributed by atoms with Gasteiger partial charge in [-0.25, -0.2) is 0 Å². The second-order valence-electron chi connectivity index (χ2n) is 7.96. The molecule has 2 bridgehead atoms. The molecule has 32 heavy (non-hydrogen) atoms. The van der Waals surface area contributed by atoms with Crippen LogP contribution in [0, 0.1) is 23.7 Å². The van der Waals surface area contributed by atoms with E-state index >= 15 is 0 Å². The van der Waals surface area contributed by atoms with Crippen molar-refractivity contribution in [2.24, 2.45) is 23.7 Å². The van der Waals surface area contributed by atoms with Crippen LogP contribution in [0.15, 0.2) is 36.4 Å². The molecule has 0 radical (unpaired) electrons. The van der Waals surface area contributed by atoms with E-state index in [1.165, 1.54) is 19.1 Å². The summed E-state index contributed by atoms with van der Waals surface area (Å²) in [7, 11) is 0. The molecule has 8 nitrogen and oxygen atoms in total. The molecule has 1 saturated carbocycles. The van der Waals surface area contributed by atoms with Crippen LogP contribution in [0.25, 0.3) is 0 Å². The number of hydrogen-bond acceptors (Lipinski definition) is 6. The molecule has 11 heteroatoms. The quantitative estimate of drug-likeness (QED) is 0.404. The van der Waals surface area contributed by atoms with Gasteiger partial charge in [0, 0.05) is 5.69 Å². The van der Waals surface area contributed by atoms with Gasteiger partial charge < -0.3 is 14.8 Å². The number of nitrogens with zero attached hydrogens (tertiary/aromatic N) is 1. The Labute approximate surface area is 180 Å². The smallest absolute Gasteiger partial charge is 0.451 e. The van der Waals surface area contributed by atoms with Crippen molar-refractivity contribution in [3.8, 4) is 5.75 Å². The molecule has 2 fully saturated rings. The summed E-state index contributed by atoms with van der Waals surface area (Å²) in [6.45, 7) is 0.714. The summed E-state index contributed by atoms with van der Waals surface area (Å²) < 4.78 is 45.4. The van der Waals surface area contributed by atoms with Gasteiger partial charge in [0.1, 0.15) is 12.3 Å². The highest BCUT2D eigenvalue weighted by Crippen LogP contribution is 2.52.